The van der Waals surface area contributed by atoms with Gasteiger partial charge in [-0.2, -0.15) is 0 Å². The first kappa shape index (κ1) is 11.8. The Hall–Kier alpha value is -1.26. The molecular formula is C13H16ClN3O. The Balaban J connectivity index is 1.68. The molecule has 0 unspecified atom stereocenters. The SMILES string of the molecule is O=C(Nc1cccc(Cl)c1)N1CC[C@@H]2CNC[C@@H]21. The summed E-state index contributed by atoms with van der Waals surface area (Å²) in [4.78, 5) is 14.1. The van der Waals surface area contributed by atoms with Crippen LogP contribution in [0.1, 0.15) is 6.42 Å². The highest BCUT2D eigenvalue weighted by molar-refractivity contribution is 6.30. The number of halogens is 1. The molecule has 2 heterocycles. The molecule has 5 heteroatoms. The van der Waals surface area contributed by atoms with Crippen LogP contribution in [0.4, 0.5) is 10.5 Å². The maximum absolute atomic E-state index is 12.2. The smallest absolute Gasteiger partial charge is 0.320 e. The monoisotopic (exact) mass is 265 g/mol. The van der Waals surface area contributed by atoms with Gasteiger partial charge in [-0.3, -0.25) is 0 Å². The van der Waals surface area contributed by atoms with E-state index in [1.54, 1.807) is 12.1 Å². The van der Waals surface area contributed by atoms with Crippen molar-refractivity contribution in [1.82, 2.24) is 10.2 Å². The van der Waals surface area contributed by atoms with E-state index in [1.807, 2.05) is 17.0 Å². The highest BCUT2D eigenvalue weighted by atomic mass is 35.5. The van der Waals surface area contributed by atoms with E-state index >= 15 is 0 Å². The molecule has 1 aromatic carbocycles. The van der Waals surface area contributed by atoms with Crippen LogP contribution in [0.2, 0.25) is 5.02 Å². The molecule has 2 fully saturated rings. The number of likely N-dealkylation sites (tertiary alicyclic amines) is 1. The van der Waals surface area contributed by atoms with Crippen LogP contribution in [0, 0.1) is 5.92 Å². The Bertz CT molecular complexity index is 465. The van der Waals surface area contributed by atoms with E-state index in [9.17, 15) is 4.79 Å². The topological polar surface area (TPSA) is 44.4 Å². The van der Waals surface area contributed by atoms with Gasteiger partial charge in [0.25, 0.3) is 0 Å². The van der Waals surface area contributed by atoms with Crippen molar-refractivity contribution in [3.8, 4) is 0 Å². The Labute approximate surface area is 111 Å². The minimum absolute atomic E-state index is 0.0199. The average molecular weight is 266 g/mol. The molecule has 1 aromatic rings. The zero-order chi connectivity index (χ0) is 12.5. The molecule has 96 valence electrons. The third-order valence-electron chi connectivity index (χ3n) is 3.78. The average Bonchev–Trinajstić information content (AvgIpc) is 2.89. The van der Waals surface area contributed by atoms with Gasteiger partial charge < -0.3 is 15.5 Å². The zero-order valence-corrected chi connectivity index (χ0v) is 10.8. The van der Waals surface area contributed by atoms with Gasteiger partial charge in [-0.25, -0.2) is 4.79 Å². The molecule has 2 aliphatic heterocycles. The van der Waals surface area contributed by atoms with Crippen LogP contribution < -0.4 is 10.6 Å². The largest absolute Gasteiger partial charge is 0.322 e. The lowest BCUT2D eigenvalue weighted by Crippen LogP contribution is -2.41. The normalized spacial score (nSPS) is 26.2. The number of anilines is 1. The van der Waals surface area contributed by atoms with Crippen molar-refractivity contribution in [2.24, 2.45) is 5.92 Å². The minimum atomic E-state index is -0.0199. The molecule has 0 saturated carbocycles. The van der Waals surface area contributed by atoms with Gasteiger partial charge in [0, 0.05) is 36.4 Å². The number of nitrogens with zero attached hydrogens (tertiary/aromatic N) is 1. The van der Waals surface area contributed by atoms with E-state index < -0.39 is 0 Å². The molecule has 3 rings (SSSR count). The lowest BCUT2D eigenvalue weighted by molar-refractivity contribution is 0.206. The molecule has 2 saturated heterocycles. The number of rotatable bonds is 1. The van der Waals surface area contributed by atoms with Crippen molar-refractivity contribution >= 4 is 23.3 Å². The van der Waals surface area contributed by atoms with Crippen LogP contribution in [0.15, 0.2) is 24.3 Å². The second-order valence-electron chi connectivity index (χ2n) is 4.91. The number of carbonyl (C=O) groups excluding carboxylic acids is 1. The van der Waals surface area contributed by atoms with Gasteiger partial charge in [-0.05, 0) is 30.5 Å². The Kier molecular flexibility index (Phi) is 3.14. The molecule has 0 aromatic heterocycles. The second-order valence-corrected chi connectivity index (χ2v) is 5.34. The number of hydrogen-bond donors (Lipinski definition) is 2. The molecule has 0 bridgehead atoms. The van der Waals surface area contributed by atoms with Crippen molar-refractivity contribution < 1.29 is 4.79 Å². The maximum Gasteiger partial charge on any atom is 0.322 e. The summed E-state index contributed by atoms with van der Waals surface area (Å²) < 4.78 is 0. The molecule has 0 radical (unpaired) electrons. The lowest BCUT2D eigenvalue weighted by Gasteiger charge is -2.23. The molecule has 0 spiro atoms. The summed E-state index contributed by atoms with van der Waals surface area (Å²) in [6.45, 7) is 2.79. The second kappa shape index (κ2) is 4.78. The third kappa shape index (κ3) is 2.18. The van der Waals surface area contributed by atoms with Crippen molar-refractivity contribution in [3.63, 3.8) is 0 Å². The summed E-state index contributed by atoms with van der Waals surface area (Å²) in [5, 5.41) is 6.89. The fourth-order valence-corrected chi connectivity index (χ4v) is 3.05. The van der Waals surface area contributed by atoms with Crippen molar-refractivity contribution in [2.75, 3.05) is 25.0 Å². The standard InChI is InChI=1S/C13H16ClN3O/c14-10-2-1-3-11(6-10)16-13(18)17-5-4-9-7-15-8-12(9)17/h1-3,6,9,12,15H,4-5,7-8H2,(H,16,18)/t9-,12+/m1/s1. The number of hydrogen-bond acceptors (Lipinski definition) is 2. The van der Waals surface area contributed by atoms with Crippen LogP contribution in [0.25, 0.3) is 0 Å². The Morgan fingerprint density at radius 2 is 2.33 bits per heavy atom. The molecule has 2 N–H and O–H groups in total. The van der Waals surface area contributed by atoms with Crippen LogP contribution in [0.5, 0.6) is 0 Å². The highest BCUT2D eigenvalue weighted by Crippen LogP contribution is 2.27. The van der Waals surface area contributed by atoms with Gasteiger partial charge in [-0.1, -0.05) is 17.7 Å². The quantitative estimate of drug-likeness (QED) is 0.817. The summed E-state index contributed by atoms with van der Waals surface area (Å²) in [6, 6.07) is 7.58. The number of nitrogens with one attached hydrogen (secondary N) is 2. The lowest BCUT2D eigenvalue weighted by atomic mass is 10.1. The zero-order valence-electron chi connectivity index (χ0n) is 10.0. The summed E-state index contributed by atoms with van der Waals surface area (Å²) in [6.07, 6.45) is 1.10. The van der Waals surface area contributed by atoms with Crippen LogP contribution in [0.3, 0.4) is 0 Å². The molecule has 0 aliphatic carbocycles. The molecule has 2 atom stereocenters. The predicted molar refractivity (Wildman–Crippen MR) is 71.9 cm³/mol. The van der Waals surface area contributed by atoms with Crippen LogP contribution in [-0.4, -0.2) is 36.6 Å². The van der Waals surface area contributed by atoms with E-state index in [0.29, 0.717) is 17.0 Å². The van der Waals surface area contributed by atoms with E-state index in [0.717, 1.165) is 31.7 Å². The predicted octanol–water partition coefficient (Wildman–Crippen LogP) is 2.17. The summed E-state index contributed by atoms with van der Waals surface area (Å²) in [7, 11) is 0. The molecular weight excluding hydrogens is 250 g/mol. The van der Waals surface area contributed by atoms with Crippen LogP contribution in [-0.2, 0) is 0 Å². The summed E-state index contributed by atoms with van der Waals surface area (Å²) in [5.41, 5.74) is 0.752. The van der Waals surface area contributed by atoms with E-state index in [1.165, 1.54) is 0 Å². The van der Waals surface area contributed by atoms with Crippen molar-refractivity contribution in [2.45, 2.75) is 12.5 Å². The van der Waals surface area contributed by atoms with E-state index in [4.69, 9.17) is 11.6 Å². The summed E-state index contributed by atoms with van der Waals surface area (Å²) in [5.74, 6) is 0.620. The van der Waals surface area contributed by atoms with Crippen molar-refractivity contribution in [1.29, 1.82) is 0 Å². The summed E-state index contributed by atoms with van der Waals surface area (Å²) >= 11 is 5.90. The first-order valence-electron chi connectivity index (χ1n) is 6.28. The number of carbonyl (C=O) groups is 1. The first-order chi connectivity index (χ1) is 8.74. The van der Waals surface area contributed by atoms with Crippen molar-refractivity contribution in [3.05, 3.63) is 29.3 Å². The Morgan fingerprint density at radius 1 is 1.44 bits per heavy atom. The number of fused-ring (bicyclic) bond motifs is 1. The van der Waals surface area contributed by atoms with E-state index in [-0.39, 0.29) is 6.03 Å². The third-order valence-corrected chi connectivity index (χ3v) is 4.02. The number of benzene rings is 1. The van der Waals surface area contributed by atoms with Crippen LogP contribution >= 0.6 is 11.6 Å². The number of amides is 2. The highest BCUT2D eigenvalue weighted by Gasteiger charge is 2.39. The van der Waals surface area contributed by atoms with Gasteiger partial charge in [-0.15, -0.1) is 0 Å². The fourth-order valence-electron chi connectivity index (χ4n) is 2.86. The minimum Gasteiger partial charge on any atom is -0.320 e. The fraction of sp³-hybridized carbons (Fsp3) is 0.462. The van der Waals surface area contributed by atoms with Gasteiger partial charge >= 0.3 is 6.03 Å². The van der Waals surface area contributed by atoms with Gasteiger partial charge in [0.2, 0.25) is 0 Å². The van der Waals surface area contributed by atoms with E-state index in [2.05, 4.69) is 10.6 Å². The molecule has 2 aliphatic rings. The maximum atomic E-state index is 12.2. The Morgan fingerprint density at radius 3 is 3.17 bits per heavy atom. The van der Waals surface area contributed by atoms with Gasteiger partial charge in [0.15, 0.2) is 0 Å². The molecule has 4 nitrogen and oxygen atoms in total. The van der Waals surface area contributed by atoms with Gasteiger partial charge in [0.1, 0.15) is 0 Å². The molecule has 2 amide bonds. The first-order valence-corrected chi connectivity index (χ1v) is 6.66. The molecule has 18 heavy (non-hydrogen) atoms. The number of urea groups is 1. The van der Waals surface area contributed by atoms with Gasteiger partial charge in [0.05, 0.1) is 0 Å².